The number of alkyl halides is 1. The van der Waals surface area contributed by atoms with Crippen LogP contribution >= 0.6 is 0 Å². The number of halogens is 1. The van der Waals surface area contributed by atoms with Gasteiger partial charge in [0.25, 0.3) is 0 Å². The van der Waals surface area contributed by atoms with Crippen LogP contribution in [0.4, 0.5) is 4.39 Å². The maximum absolute atomic E-state index is 11.9. The topological polar surface area (TPSA) is 12.4 Å². The molecule has 0 aromatic rings. The summed E-state index contributed by atoms with van der Waals surface area (Å²) < 4.78 is 11.9. The Labute approximate surface area is 61.7 Å². The van der Waals surface area contributed by atoms with Crippen LogP contribution in [0.3, 0.4) is 0 Å². The minimum absolute atomic E-state index is 0.426. The van der Waals surface area contributed by atoms with Crippen molar-refractivity contribution in [3.05, 3.63) is 12.3 Å². The van der Waals surface area contributed by atoms with Crippen LogP contribution in [0.15, 0.2) is 17.3 Å². The standard InChI is InChI=1S/C8H14FN/c1-3-5-6-10-8(4-2)7-9/h5-6H,3-4,7H2,1-2H3/b6-5-,10-8?. The van der Waals surface area contributed by atoms with Gasteiger partial charge in [-0.25, -0.2) is 4.39 Å². The highest BCUT2D eigenvalue weighted by atomic mass is 19.1. The number of hydrogen-bond acceptors (Lipinski definition) is 1. The van der Waals surface area contributed by atoms with Gasteiger partial charge in [0.15, 0.2) is 0 Å². The Bertz CT molecular complexity index is 121. The van der Waals surface area contributed by atoms with E-state index in [1.54, 1.807) is 6.20 Å². The molecule has 10 heavy (non-hydrogen) atoms. The number of rotatable bonds is 4. The molecule has 0 unspecified atom stereocenters. The molecule has 0 heterocycles. The Morgan fingerprint density at radius 2 is 2.20 bits per heavy atom. The quantitative estimate of drug-likeness (QED) is 0.536. The largest absolute Gasteiger partial charge is 0.263 e. The lowest BCUT2D eigenvalue weighted by molar-refractivity contribution is 0.577. The molecule has 0 amide bonds. The molecule has 0 bridgehead atoms. The Kier molecular flexibility index (Phi) is 6.03. The molecule has 0 rings (SSSR count). The van der Waals surface area contributed by atoms with Crippen LogP contribution in [0, 0.1) is 0 Å². The van der Waals surface area contributed by atoms with Crippen molar-refractivity contribution in [3.63, 3.8) is 0 Å². The second-order valence-electron chi connectivity index (χ2n) is 1.98. The fourth-order valence-electron chi connectivity index (χ4n) is 0.484. The molecule has 0 radical (unpaired) electrons. The Balaban J connectivity index is 3.74. The summed E-state index contributed by atoms with van der Waals surface area (Å²) in [5.74, 6) is 0. The molecule has 0 aliphatic rings. The second kappa shape index (κ2) is 6.46. The van der Waals surface area contributed by atoms with Gasteiger partial charge in [0.05, 0.1) is 0 Å². The lowest BCUT2D eigenvalue weighted by atomic mass is 10.3. The smallest absolute Gasteiger partial charge is 0.128 e. The van der Waals surface area contributed by atoms with Gasteiger partial charge in [-0.05, 0) is 12.8 Å². The zero-order valence-corrected chi connectivity index (χ0v) is 6.60. The summed E-state index contributed by atoms with van der Waals surface area (Å²) >= 11 is 0. The molecule has 0 fully saturated rings. The van der Waals surface area contributed by atoms with Crippen molar-refractivity contribution in [2.75, 3.05) is 6.67 Å². The van der Waals surface area contributed by atoms with E-state index >= 15 is 0 Å². The Hall–Kier alpha value is -0.660. The molecule has 0 spiro atoms. The highest BCUT2D eigenvalue weighted by molar-refractivity contribution is 5.85. The fraction of sp³-hybridized carbons (Fsp3) is 0.625. The third kappa shape index (κ3) is 4.24. The highest BCUT2D eigenvalue weighted by Crippen LogP contribution is 1.89. The molecule has 0 aromatic heterocycles. The van der Waals surface area contributed by atoms with Gasteiger partial charge in [-0.2, -0.15) is 0 Å². The molecule has 0 saturated heterocycles. The minimum Gasteiger partial charge on any atom is -0.263 e. The van der Waals surface area contributed by atoms with Gasteiger partial charge in [-0.15, -0.1) is 0 Å². The number of aliphatic imine (C=N–C) groups is 1. The lowest BCUT2D eigenvalue weighted by Gasteiger charge is -1.91. The van der Waals surface area contributed by atoms with Crippen molar-refractivity contribution in [3.8, 4) is 0 Å². The first-order valence-electron chi connectivity index (χ1n) is 3.61. The molecule has 1 nitrogen and oxygen atoms in total. The number of hydrogen-bond donors (Lipinski definition) is 0. The van der Waals surface area contributed by atoms with Crippen LogP contribution in [0.25, 0.3) is 0 Å². The third-order valence-electron chi connectivity index (χ3n) is 1.16. The molecule has 0 atom stereocenters. The maximum Gasteiger partial charge on any atom is 0.128 e. The Morgan fingerprint density at radius 3 is 2.60 bits per heavy atom. The predicted octanol–water partition coefficient (Wildman–Crippen LogP) is 2.73. The summed E-state index contributed by atoms with van der Waals surface area (Å²) in [7, 11) is 0. The van der Waals surface area contributed by atoms with Crippen molar-refractivity contribution in [1.82, 2.24) is 0 Å². The average Bonchev–Trinajstić information content (AvgIpc) is 1.99. The molecule has 0 aromatic carbocycles. The van der Waals surface area contributed by atoms with E-state index in [1.165, 1.54) is 0 Å². The monoisotopic (exact) mass is 143 g/mol. The summed E-state index contributed by atoms with van der Waals surface area (Å²) in [5.41, 5.74) is 0.615. The van der Waals surface area contributed by atoms with E-state index in [0.717, 1.165) is 6.42 Å². The van der Waals surface area contributed by atoms with Crippen molar-refractivity contribution in [2.24, 2.45) is 4.99 Å². The lowest BCUT2D eigenvalue weighted by Crippen LogP contribution is -1.96. The van der Waals surface area contributed by atoms with Gasteiger partial charge in [-0.3, -0.25) is 4.99 Å². The molecule has 0 saturated carbocycles. The minimum atomic E-state index is -0.426. The zero-order chi connectivity index (χ0) is 7.82. The zero-order valence-electron chi connectivity index (χ0n) is 6.60. The van der Waals surface area contributed by atoms with E-state index in [2.05, 4.69) is 4.99 Å². The van der Waals surface area contributed by atoms with Crippen LogP contribution in [-0.2, 0) is 0 Å². The van der Waals surface area contributed by atoms with E-state index in [9.17, 15) is 4.39 Å². The third-order valence-corrected chi connectivity index (χ3v) is 1.16. The Morgan fingerprint density at radius 1 is 1.50 bits per heavy atom. The van der Waals surface area contributed by atoms with Gasteiger partial charge in [-0.1, -0.05) is 19.9 Å². The summed E-state index contributed by atoms with van der Waals surface area (Å²) in [6, 6.07) is 0. The van der Waals surface area contributed by atoms with E-state index in [0.29, 0.717) is 12.1 Å². The van der Waals surface area contributed by atoms with E-state index in [4.69, 9.17) is 0 Å². The molecular weight excluding hydrogens is 129 g/mol. The predicted molar refractivity (Wildman–Crippen MR) is 43.1 cm³/mol. The molecule has 58 valence electrons. The van der Waals surface area contributed by atoms with Crippen LogP contribution in [0.1, 0.15) is 26.7 Å². The first-order valence-corrected chi connectivity index (χ1v) is 3.61. The normalized spacial score (nSPS) is 12.9. The van der Waals surface area contributed by atoms with E-state index in [-0.39, 0.29) is 0 Å². The second-order valence-corrected chi connectivity index (χ2v) is 1.98. The van der Waals surface area contributed by atoms with Gasteiger partial charge >= 0.3 is 0 Å². The van der Waals surface area contributed by atoms with Crippen molar-refractivity contribution >= 4 is 5.71 Å². The summed E-state index contributed by atoms with van der Waals surface area (Å²) in [6.45, 7) is 3.50. The van der Waals surface area contributed by atoms with Crippen LogP contribution in [-0.4, -0.2) is 12.4 Å². The SMILES string of the molecule is CC/C=C\N=C(CC)CF. The van der Waals surface area contributed by atoms with Gasteiger partial charge in [0, 0.05) is 11.9 Å². The molecule has 0 aliphatic carbocycles. The van der Waals surface area contributed by atoms with Crippen LogP contribution in [0.2, 0.25) is 0 Å². The fourth-order valence-corrected chi connectivity index (χ4v) is 0.484. The van der Waals surface area contributed by atoms with Crippen LogP contribution < -0.4 is 0 Å². The molecule has 0 aliphatic heterocycles. The summed E-state index contributed by atoms with van der Waals surface area (Å²) in [5, 5.41) is 0. The van der Waals surface area contributed by atoms with E-state index in [1.807, 2.05) is 19.9 Å². The van der Waals surface area contributed by atoms with Crippen molar-refractivity contribution in [1.29, 1.82) is 0 Å². The summed E-state index contributed by atoms with van der Waals surface area (Å²) in [4.78, 5) is 3.91. The van der Waals surface area contributed by atoms with E-state index < -0.39 is 6.67 Å². The van der Waals surface area contributed by atoms with Gasteiger partial charge < -0.3 is 0 Å². The first kappa shape index (κ1) is 9.34. The van der Waals surface area contributed by atoms with Crippen molar-refractivity contribution < 1.29 is 4.39 Å². The molecule has 2 heteroatoms. The average molecular weight is 143 g/mol. The van der Waals surface area contributed by atoms with Crippen LogP contribution in [0.5, 0.6) is 0 Å². The summed E-state index contributed by atoms with van der Waals surface area (Å²) in [6.07, 6.45) is 5.22. The first-order chi connectivity index (χ1) is 4.85. The number of allylic oxidation sites excluding steroid dienone is 1. The highest BCUT2D eigenvalue weighted by Gasteiger charge is 1.89. The van der Waals surface area contributed by atoms with Gasteiger partial charge in [0.1, 0.15) is 6.67 Å². The van der Waals surface area contributed by atoms with Crippen molar-refractivity contribution in [2.45, 2.75) is 26.7 Å². The maximum atomic E-state index is 11.9. The van der Waals surface area contributed by atoms with Gasteiger partial charge in [0.2, 0.25) is 0 Å². The molecular formula is C8H14FN. The molecule has 0 N–H and O–H groups in total. The number of nitrogens with zero attached hydrogens (tertiary/aromatic N) is 1.